The molecule has 0 saturated carbocycles. The van der Waals surface area contributed by atoms with E-state index in [9.17, 15) is 4.79 Å². The summed E-state index contributed by atoms with van der Waals surface area (Å²) in [7, 11) is 0. The number of benzene rings is 1. The summed E-state index contributed by atoms with van der Waals surface area (Å²) >= 11 is 0. The standard InChI is InChI=1S/C21H20N4O/c1-15-6-8-19(22-12-15)24-21(26)17-7-9-20(23-13-17)25-11-10-16-4-2-3-5-18(16)14-25/h2-9,12-13H,10-11,14H2,1H3,(H,22,24,26). The first-order valence-electron chi connectivity index (χ1n) is 8.71. The smallest absolute Gasteiger partial charge is 0.258 e. The maximum atomic E-state index is 12.3. The average Bonchev–Trinajstić information content (AvgIpc) is 2.69. The van der Waals surface area contributed by atoms with E-state index in [1.165, 1.54) is 11.1 Å². The number of carbonyl (C=O) groups is 1. The Kier molecular flexibility index (Phi) is 4.35. The molecule has 1 aromatic carbocycles. The van der Waals surface area contributed by atoms with Crippen LogP contribution in [0.2, 0.25) is 0 Å². The summed E-state index contributed by atoms with van der Waals surface area (Å²) < 4.78 is 0. The van der Waals surface area contributed by atoms with Crippen LogP contribution in [0.4, 0.5) is 11.6 Å². The lowest BCUT2D eigenvalue weighted by atomic mass is 10.00. The molecular formula is C21H20N4O. The second-order valence-corrected chi connectivity index (χ2v) is 6.52. The lowest BCUT2D eigenvalue weighted by Gasteiger charge is -2.29. The van der Waals surface area contributed by atoms with E-state index in [4.69, 9.17) is 0 Å². The van der Waals surface area contributed by atoms with Crippen molar-refractivity contribution < 1.29 is 4.79 Å². The van der Waals surface area contributed by atoms with Gasteiger partial charge in [-0.15, -0.1) is 0 Å². The van der Waals surface area contributed by atoms with Crippen molar-refractivity contribution in [2.24, 2.45) is 0 Å². The Morgan fingerprint density at radius 2 is 1.85 bits per heavy atom. The SMILES string of the molecule is Cc1ccc(NC(=O)c2ccc(N3CCc4ccccc4C3)nc2)nc1. The third-order valence-corrected chi connectivity index (χ3v) is 4.62. The molecule has 0 saturated heterocycles. The Labute approximate surface area is 152 Å². The van der Waals surface area contributed by atoms with Gasteiger partial charge < -0.3 is 10.2 Å². The molecular weight excluding hydrogens is 324 g/mol. The zero-order chi connectivity index (χ0) is 17.9. The molecule has 1 amide bonds. The third kappa shape index (κ3) is 3.42. The van der Waals surface area contributed by atoms with Crippen LogP contribution in [0.3, 0.4) is 0 Å². The number of anilines is 2. The Morgan fingerprint density at radius 3 is 2.58 bits per heavy atom. The van der Waals surface area contributed by atoms with Crippen molar-refractivity contribution in [3.8, 4) is 0 Å². The first kappa shape index (κ1) is 16.3. The number of amides is 1. The van der Waals surface area contributed by atoms with Crippen molar-refractivity contribution in [1.82, 2.24) is 9.97 Å². The molecule has 3 aromatic rings. The number of pyridine rings is 2. The first-order chi connectivity index (χ1) is 12.7. The second kappa shape index (κ2) is 6.96. The number of carbonyl (C=O) groups excluding carboxylic acids is 1. The molecule has 5 heteroatoms. The fraction of sp³-hybridized carbons (Fsp3) is 0.190. The van der Waals surface area contributed by atoms with Gasteiger partial charge >= 0.3 is 0 Å². The van der Waals surface area contributed by atoms with Gasteiger partial charge in [0.2, 0.25) is 0 Å². The molecule has 0 aliphatic carbocycles. The molecule has 0 fully saturated rings. The van der Waals surface area contributed by atoms with E-state index in [0.717, 1.165) is 30.9 Å². The molecule has 4 rings (SSSR count). The predicted molar refractivity (Wildman–Crippen MR) is 102 cm³/mol. The number of hydrogen-bond donors (Lipinski definition) is 1. The van der Waals surface area contributed by atoms with Crippen molar-refractivity contribution in [2.45, 2.75) is 19.9 Å². The Hall–Kier alpha value is -3.21. The van der Waals surface area contributed by atoms with Crippen LogP contribution < -0.4 is 10.2 Å². The summed E-state index contributed by atoms with van der Waals surface area (Å²) in [6.45, 7) is 3.74. The van der Waals surface area contributed by atoms with Gasteiger partial charge in [0.05, 0.1) is 5.56 Å². The van der Waals surface area contributed by atoms with E-state index in [1.807, 2.05) is 25.1 Å². The highest BCUT2D eigenvalue weighted by atomic mass is 16.1. The van der Waals surface area contributed by atoms with Crippen LogP contribution in [0, 0.1) is 6.92 Å². The quantitative estimate of drug-likeness (QED) is 0.789. The molecule has 2 aromatic heterocycles. The Morgan fingerprint density at radius 1 is 1.00 bits per heavy atom. The molecule has 26 heavy (non-hydrogen) atoms. The van der Waals surface area contributed by atoms with Crippen molar-refractivity contribution in [3.05, 3.63) is 83.2 Å². The molecule has 0 spiro atoms. The molecule has 130 valence electrons. The fourth-order valence-corrected chi connectivity index (χ4v) is 3.13. The molecule has 1 aliphatic rings. The summed E-state index contributed by atoms with van der Waals surface area (Å²) in [5.41, 5.74) is 4.32. The van der Waals surface area contributed by atoms with Gasteiger partial charge in [0.15, 0.2) is 0 Å². The minimum atomic E-state index is -0.204. The highest BCUT2D eigenvalue weighted by Crippen LogP contribution is 2.23. The largest absolute Gasteiger partial charge is 0.352 e. The minimum absolute atomic E-state index is 0.204. The first-order valence-corrected chi connectivity index (χ1v) is 8.71. The van der Waals surface area contributed by atoms with Gasteiger partial charge in [-0.1, -0.05) is 30.3 Å². The summed E-state index contributed by atoms with van der Waals surface area (Å²) in [4.78, 5) is 23.3. The highest BCUT2D eigenvalue weighted by Gasteiger charge is 2.17. The second-order valence-electron chi connectivity index (χ2n) is 6.52. The number of fused-ring (bicyclic) bond motifs is 1. The van der Waals surface area contributed by atoms with Gasteiger partial charge in [0.25, 0.3) is 5.91 Å². The van der Waals surface area contributed by atoms with Gasteiger partial charge in [0, 0.05) is 25.5 Å². The van der Waals surface area contributed by atoms with Gasteiger partial charge in [-0.25, -0.2) is 9.97 Å². The number of nitrogens with one attached hydrogen (secondary N) is 1. The van der Waals surface area contributed by atoms with E-state index in [-0.39, 0.29) is 5.91 Å². The molecule has 5 nitrogen and oxygen atoms in total. The van der Waals surface area contributed by atoms with Crippen LogP contribution in [-0.2, 0) is 13.0 Å². The lowest BCUT2D eigenvalue weighted by molar-refractivity contribution is 0.102. The number of hydrogen-bond acceptors (Lipinski definition) is 4. The maximum Gasteiger partial charge on any atom is 0.258 e. The van der Waals surface area contributed by atoms with Gasteiger partial charge in [-0.2, -0.15) is 0 Å². The number of aromatic nitrogens is 2. The van der Waals surface area contributed by atoms with E-state index < -0.39 is 0 Å². The minimum Gasteiger partial charge on any atom is -0.352 e. The van der Waals surface area contributed by atoms with E-state index in [1.54, 1.807) is 18.5 Å². The normalized spacial score (nSPS) is 13.2. The van der Waals surface area contributed by atoms with Crippen LogP contribution >= 0.6 is 0 Å². The van der Waals surface area contributed by atoms with E-state index in [0.29, 0.717) is 11.4 Å². The lowest BCUT2D eigenvalue weighted by Crippen LogP contribution is -2.31. The van der Waals surface area contributed by atoms with E-state index >= 15 is 0 Å². The number of nitrogens with zero attached hydrogens (tertiary/aromatic N) is 3. The molecule has 0 atom stereocenters. The summed E-state index contributed by atoms with van der Waals surface area (Å²) in [6.07, 6.45) is 4.36. The fourth-order valence-electron chi connectivity index (χ4n) is 3.13. The maximum absolute atomic E-state index is 12.3. The van der Waals surface area contributed by atoms with Crippen LogP contribution in [0.15, 0.2) is 60.9 Å². The van der Waals surface area contributed by atoms with Gasteiger partial charge in [-0.05, 0) is 48.2 Å². The van der Waals surface area contributed by atoms with Gasteiger partial charge in [0.1, 0.15) is 11.6 Å². The van der Waals surface area contributed by atoms with Crippen LogP contribution in [0.25, 0.3) is 0 Å². The van der Waals surface area contributed by atoms with Crippen molar-refractivity contribution in [2.75, 3.05) is 16.8 Å². The van der Waals surface area contributed by atoms with Crippen LogP contribution in [0.5, 0.6) is 0 Å². The summed E-state index contributed by atoms with van der Waals surface area (Å²) in [5, 5.41) is 2.79. The topological polar surface area (TPSA) is 58.1 Å². The zero-order valence-corrected chi connectivity index (χ0v) is 14.6. The highest BCUT2D eigenvalue weighted by molar-refractivity contribution is 6.03. The van der Waals surface area contributed by atoms with Crippen molar-refractivity contribution in [3.63, 3.8) is 0 Å². The third-order valence-electron chi connectivity index (χ3n) is 4.62. The molecule has 0 radical (unpaired) electrons. The van der Waals surface area contributed by atoms with Crippen LogP contribution in [-0.4, -0.2) is 22.4 Å². The average molecular weight is 344 g/mol. The zero-order valence-electron chi connectivity index (χ0n) is 14.6. The molecule has 0 unspecified atom stereocenters. The molecule has 3 heterocycles. The predicted octanol–water partition coefficient (Wildman–Crippen LogP) is 3.60. The van der Waals surface area contributed by atoms with Crippen molar-refractivity contribution in [1.29, 1.82) is 0 Å². The monoisotopic (exact) mass is 344 g/mol. The summed E-state index contributed by atoms with van der Waals surface area (Å²) in [6, 6.07) is 15.9. The Bertz CT molecular complexity index is 920. The number of rotatable bonds is 3. The van der Waals surface area contributed by atoms with Gasteiger partial charge in [-0.3, -0.25) is 4.79 Å². The Balaban J connectivity index is 1.45. The molecule has 1 aliphatic heterocycles. The van der Waals surface area contributed by atoms with Crippen molar-refractivity contribution >= 4 is 17.5 Å². The van der Waals surface area contributed by atoms with E-state index in [2.05, 4.69) is 44.5 Å². The molecule has 1 N–H and O–H groups in total. The summed E-state index contributed by atoms with van der Waals surface area (Å²) in [5.74, 6) is 1.23. The molecule has 0 bridgehead atoms. The number of aryl methyl sites for hydroxylation is 1. The van der Waals surface area contributed by atoms with Crippen LogP contribution in [0.1, 0.15) is 27.0 Å².